The number of rotatable bonds is 6. The molecule has 0 amide bonds. The number of nitrogens with zero attached hydrogens (tertiary/aromatic N) is 2. The second-order valence-electron chi connectivity index (χ2n) is 7.11. The predicted molar refractivity (Wildman–Crippen MR) is 115 cm³/mol. The molecule has 0 unspecified atom stereocenters. The van der Waals surface area contributed by atoms with Gasteiger partial charge in [0.1, 0.15) is 35.1 Å². The Morgan fingerprint density at radius 2 is 1.71 bits per heavy atom. The van der Waals surface area contributed by atoms with E-state index in [0.29, 0.717) is 11.3 Å². The van der Waals surface area contributed by atoms with Gasteiger partial charge in [0.15, 0.2) is 5.42 Å². The maximum Gasteiger partial charge on any atom is 0.338 e. The maximum absolute atomic E-state index is 13.2. The van der Waals surface area contributed by atoms with Gasteiger partial charge in [-0.3, -0.25) is 10.2 Å². The lowest BCUT2D eigenvalue weighted by molar-refractivity contribution is -0.146. The Balaban J connectivity index is 2.56. The van der Waals surface area contributed by atoms with Crippen LogP contribution in [0, 0.1) is 34.0 Å². The molecule has 0 radical (unpaired) electrons. The Labute approximate surface area is 194 Å². The summed E-state index contributed by atoms with van der Waals surface area (Å²) in [5, 5.41) is 38.2. The standard InChI is InChI=1S/C24H21N3O7/c1-4-32-23(29)18-16(12-6-8-13(31-3)9-7-12)19(24(30)33-5-2)21-17(20(18)28)14(10-25)15(11-26)22(27)34-21/h6-9,16,18,27-28H,4-5H2,1-3H3/t16-,18-/m1/s1. The number of hydrogen-bond acceptors (Lipinski definition) is 10. The first-order valence-electron chi connectivity index (χ1n) is 10.3. The molecular weight excluding hydrogens is 442 g/mol. The molecule has 34 heavy (non-hydrogen) atoms. The van der Waals surface area contributed by atoms with Crippen LogP contribution in [0.4, 0.5) is 0 Å². The molecule has 1 aromatic carbocycles. The maximum atomic E-state index is 13.2. The number of carbonyl (C=O) groups is 2. The van der Waals surface area contributed by atoms with Gasteiger partial charge in [-0.25, -0.2) is 4.79 Å². The number of esters is 2. The van der Waals surface area contributed by atoms with Crippen LogP contribution in [0.25, 0.3) is 11.3 Å². The van der Waals surface area contributed by atoms with E-state index < -0.39 is 46.2 Å². The summed E-state index contributed by atoms with van der Waals surface area (Å²) in [6, 6.07) is 9.90. The number of methoxy groups -OCH3 is 1. The van der Waals surface area contributed by atoms with Gasteiger partial charge in [0, 0.05) is 5.92 Å². The number of aliphatic hydroxyl groups excluding tert-OH is 1. The van der Waals surface area contributed by atoms with Crippen LogP contribution in [-0.4, -0.2) is 37.4 Å². The molecule has 2 N–H and O–H groups in total. The number of nitrogens with one attached hydrogen (secondary N) is 1. The lowest BCUT2D eigenvalue weighted by Gasteiger charge is -2.29. The van der Waals surface area contributed by atoms with Gasteiger partial charge in [-0.05, 0) is 31.5 Å². The van der Waals surface area contributed by atoms with Crippen LogP contribution >= 0.6 is 0 Å². The monoisotopic (exact) mass is 463 g/mol. The van der Waals surface area contributed by atoms with Crippen molar-refractivity contribution in [3.05, 3.63) is 57.1 Å². The summed E-state index contributed by atoms with van der Waals surface area (Å²) in [5.41, 5.74) is -1.60. The van der Waals surface area contributed by atoms with Gasteiger partial charge in [-0.1, -0.05) is 12.1 Å². The van der Waals surface area contributed by atoms with E-state index >= 15 is 0 Å². The number of ether oxygens (including phenoxy) is 3. The van der Waals surface area contributed by atoms with Crippen molar-refractivity contribution < 1.29 is 33.3 Å². The van der Waals surface area contributed by atoms with Gasteiger partial charge in [0.25, 0.3) is 0 Å². The minimum absolute atomic E-state index is 0.00979. The van der Waals surface area contributed by atoms with E-state index in [9.17, 15) is 25.2 Å². The highest BCUT2D eigenvalue weighted by Crippen LogP contribution is 2.39. The fourth-order valence-corrected chi connectivity index (χ4v) is 3.91. The van der Waals surface area contributed by atoms with E-state index in [0.717, 1.165) is 0 Å². The third-order valence-corrected chi connectivity index (χ3v) is 5.33. The van der Waals surface area contributed by atoms with Crippen molar-refractivity contribution in [3.63, 3.8) is 0 Å². The molecule has 2 atom stereocenters. The Kier molecular flexibility index (Phi) is 7.03. The second-order valence-corrected chi connectivity index (χ2v) is 7.11. The molecule has 1 aromatic heterocycles. The van der Waals surface area contributed by atoms with Crippen molar-refractivity contribution in [2.24, 2.45) is 5.92 Å². The second kappa shape index (κ2) is 9.92. The summed E-state index contributed by atoms with van der Waals surface area (Å²) in [7, 11) is 1.48. The quantitative estimate of drug-likeness (QED) is 0.591. The number of carbonyl (C=O) groups excluding carboxylic acids is 2. The Morgan fingerprint density at radius 1 is 1.09 bits per heavy atom. The van der Waals surface area contributed by atoms with Gasteiger partial charge in [0.05, 0.1) is 36.7 Å². The molecule has 0 spiro atoms. The molecule has 10 nitrogen and oxygen atoms in total. The molecule has 3 rings (SSSR count). The molecule has 0 aliphatic heterocycles. The summed E-state index contributed by atoms with van der Waals surface area (Å²) < 4.78 is 21.1. The highest BCUT2D eigenvalue weighted by molar-refractivity contribution is 6.13. The summed E-state index contributed by atoms with van der Waals surface area (Å²) in [6.45, 7) is 3.15. The third kappa shape index (κ3) is 3.97. The van der Waals surface area contributed by atoms with Crippen LogP contribution < -0.4 is 20.9 Å². The fraction of sp³-hybridized carbons (Fsp3) is 0.292. The molecule has 1 heterocycles. The van der Waals surface area contributed by atoms with Crippen molar-refractivity contribution in [2.75, 3.05) is 20.3 Å². The number of aliphatic hydroxyl groups is 1. The third-order valence-electron chi connectivity index (χ3n) is 5.33. The highest BCUT2D eigenvalue weighted by atomic mass is 16.5. The van der Waals surface area contributed by atoms with E-state index in [1.54, 1.807) is 50.3 Å². The Bertz CT molecular complexity index is 1410. The largest absolute Gasteiger partial charge is 0.511 e. The molecule has 10 heteroatoms. The van der Waals surface area contributed by atoms with Crippen molar-refractivity contribution in [2.45, 2.75) is 19.8 Å². The van der Waals surface area contributed by atoms with Crippen LogP contribution in [0.3, 0.4) is 0 Å². The molecule has 1 aliphatic carbocycles. The van der Waals surface area contributed by atoms with E-state index in [2.05, 4.69) is 0 Å². The first-order valence-corrected chi connectivity index (χ1v) is 10.3. The van der Waals surface area contributed by atoms with Crippen molar-refractivity contribution in [3.8, 4) is 17.9 Å². The zero-order valence-corrected chi connectivity index (χ0v) is 18.7. The summed E-state index contributed by atoms with van der Waals surface area (Å²) in [5.74, 6) is -4.42. The first kappa shape index (κ1) is 24.1. The molecule has 2 aromatic rings. The molecule has 0 saturated heterocycles. The van der Waals surface area contributed by atoms with E-state index in [-0.39, 0.29) is 29.4 Å². The summed E-state index contributed by atoms with van der Waals surface area (Å²) in [4.78, 5) is 26.2. The SMILES string of the molecule is CCOC(=O)C1=c2oc(=N)c(C#N)c(C#N)c2=C(O)[C@H](C(=O)OCC)[C@H]1c1ccc(OC)cc1. The lowest BCUT2D eigenvalue weighted by Crippen LogP contribution is -2.48. The minimum Gasteiger partial charge on any atom is -0.511 e. The average Bonchev–Trinajstić information content (AvgIpc) is 2.83. The molecular formula is C24H21N3O7. The number of benzene rings is 1. The van der Waals surface area contributed by atoms with Crippen LogP contribution in [0.15, 0.2) is 28.7 Å². The topological polar surface area (TPSA) is 167 Å². The fourth-order valence-electron chi connectivity index (χ4n) is 3.91. The van der Waals surface area contributed by atoms with Gasteiger partial charge in [-0.15, -0.1) is 0 Å². The van der Waals surface area contributed by atoms with Crippen molar-refractivity contribution in [1.29, 1.82) is 15.9 Å². The zero-order chi connectivity index (χ0) is 25.0. The molecule has 0 bridgehead atoms. The number of nitriles is 2. The zero-order valence-electron chi connectivity index (χ0n) is 18.7. The van der Waals surface area contributed by atoms with Crippen molar-refractivity contribution in [1.82, 2.24) is 0 Å². The van der Waals surface area contributed by atoms with E-state index in [1.165, 1.54) is 7.11 Å². The first-order chi connectivity index (χ1) is 16.3. The van der Waals surface area contributed by atoms with E-state index in [4.69, 9.17) is 24.0 Å². The molecule has 1 aliphatic rings. The van der Waals surface area contributed by atoms with Crippen molar-refractivity contribution >= 4 is 23.3 Å². The average molecular weight is 463 g/mol. The molecule has 174 valence electrons. The number of fused-ring (bicyclic) bond motifs is 1. The smallest absolute Gasteiger partial charge is 0.338 e. The van der Waals surface area contributed by atoms with Crippen LogP contribution in [0.1, 0.15) is 36.5 Å². The number of hydrogen-bond donors (Lipinski definition) is 2. The Morgan fingerprint density at radius 3 is 2.24 bits per heavy atom. The van der Waals surface area contributed by atoms with Gasteiger partial charge >= 0.3 is 11.9 Å². The Hall–Kier alpha value is -4.57. The van der Waals surface area contributed by atoms with Crippen LogP contribution in [0.2, 0.25) is 0 Å². The summed E-state index contributed by atoms with van der Waals surface area (Å²) >= 11 is 0. The van der Waals surface area contributed by atoms with Gasteiger partial charge in [0.2, 0.25) is 5.55 Å². The van der Waals surface area contributed by atoms with E-state index in [1.807, 2.05) is 0 Å². The molecule has 0 saturated carbocycles. The van der Waals surface area contributed by atoms with Gasteiger partial charge in [-0.2, -0.15) is 10.5 Å². The van der Waals surface area contributed by atoms with Crippen LogP contribution in [-0.2, 0) is 19.1 Å². The minimum atomic E-state index is -1.45. The molecule has 0 fully saturated rings. The summed E-state index contributed by atoms with van der Waals surface area (Å²) in [6.07, 6.45) is 0. The lowest BCUT2D eigenvalue weighted by atomic mass is 9.75. The normalized spacial score (nSPS) is 16.6. The highest BCUT2D eigenvalue weighted by Gasteiger charge is 2.44. The van der Waals surface area contributed by atoms with Gasteiger partial charge < -0.3 is 23.7 Å². The predicted octanol–water partition coefficient (Wildman–Crippen LogP) is 0.868. The van der Waals surface area contributed by atoms with Crippen LogP contribution in [0.5, 0.6) is 5.75 Å².